The number of para-hydroxylation sites is 1. The Kier molecular flexibility index (Phi) is 4.33. The van der Waals surface area contributed by atoms with Crippen LogP contribution in [0.15, 0.2) is 46.9 Å². The largest absolute Gasteiger partial charge is 0.485 e. The first-order valence-corrected chi connectivity index (χ1v) is 6.34. The molecule has 0 aromatic heterocycles. The fourth-order valence-corrected chi connectivity index (χ4v) is 2.10. The lowest BCUT2D eigenvalue weighted by molar-refractivity contribution is 0.287. The Balaban J connectivity index is 2.15. The first-order chi connectivity index (χ1) is 8.70. The number of ether oxygens (including phenoxy) is 1. The molecule has 2 aromatic carbocycles. The maximum absolute atomic E-state index is 13.6. The summed E-state index contributed by atoms with van der Waals surface area (Å²) in [4.78, 5) is 0. The van der Waals surface area contributed by atoms with Gasteiger partial charge in [0.25, 0.3) is 0 Å². The Morgan fingerprint density at radius 1 is 1.17 bits per heavy atom. The summed E-state index contributed by atoms with van der Waals surface area (Å²) >= 11 is 3.38. The molecule has 0 amide bonds. The molecule has 2 aromatic rings. The molecule has 0 aliphatic heterocycles. The lowest BCUT2D eigenvalue weighted by Gasteiger charge is -2.11. The highest BCUT2D eigenvalue weighted by atomic mass is 79.9. The highest BCUT2D eigenvalue weighted by Gasteiger charge is 2.08. The molecule has 18 heavy (non-hydrogen) atoms. The van der Waals surface area contributed by atoms with Crippen molar-refractivity contribution in [2.24, 2.45) is 5.73 Å². The molecule has 2 rings (SSSR count). The topological polar surface area (TPSA) is 35.2 Å². The highest BCUT2D eigenvalue weighted by Crippen LogP contribution is 2.23. The van der Waals surface area contributed by atoms with Gasteiger partial charge in [-0.25, -0.2) is 4.39 Å². The number of hydrogen-bond acceptors (Lipinski definition) is 2. The van der Waals surface area contributed by atoms with Crippen molar-refractivity contribution in [2.45, 2.75) is 13.2 Å². The van der Waals surface area contributed by atoms with E-state index in [2.05, 4.69) is 15.9 Å². The number of halogens is 2. The van der Waals surface area contributed by atoms with E-state index in [1.165, 1.54) is 6.07 Å². The predicted octanol–water partition coefficient (Wildman–Crippen LogP) is 3.63. The van der Waals surface area contributed by atoms with Crippen LogP contribution >= 0.6 is 15.9 Å². The normalized spacial score (nSPS) is 10.4. The first kappa shape index (κ1) is 13.1. The molecule has 0 atom stereocenters. The van der Waals surface area contributed by atoms with Gasteiger partial charge in [0.2, 0.25) is 0 Å². The molecular weight excluding hydrogens is 297 g/mol. The van der Waals surface area contributed by atoms with Crippen LogP contribution in [0.4, 0.5) is 4.39 Å². The Hall–Kier alpha value is -1.39. The van der Waals surface area contributed by atoms with Crippen molar-refractivity contribution in [1.82, 2.24) is 0 Å². The molecule has 2 nitrogen and oxygen atoms in total. The minimum Gasteiger partial charge on any atom is -0.485 e. The van der Waals surface area contributed by atoms with E-state index in [9.17, 15) is 4.39 Å². The number of nitrogens with two attached hydrogens (primary N) is 1. The first-order valence-electron chi connectivity index (χ1n) is 5.55. The predicted molar refractivity (Wildman–Crippen MR) is 72.8 cm³/mol. The molecular formula is C14H13BrFNO. The van der Waals surface area contributed by atoms with Crippen LogP contribution in [0, 0.1) is 5.82 Å². The van der Waals surface area contributed by atoms with Gasteiger partial charge in [-0.2, -0.15) is 0 Å². The molecule has 0 heterocycles. The van der Waals surface area contributed by atoms with Gasteiger partial charge in [0, 0.05) is 16.6 Å². The number of hydrogen-bond donors (Lipinski definition) is 1. The van der Waals surface area contributed by atoms with Crippen LogP contribution in [-0.2, 0) is 13.2 Å². The van der Waals surface area contributed by atoms with Crippen molar-refractivity contribution >= 4 is 15.9 Å². The summed E-state index contributed by atoms with van der Waals surface area (Å²) < 4.78 is 20.1. The lowest BCUT2D eigenvalue weighted by Crippen LogP contribution is -2.04. The molecule has 0 spiro atoms. The van der Waals surface area contributed by atoms with Crippen LogP contribution in [0.5, 0.6) is 5.75 Å². The van der Waals surface area contributed by atoms with Gasteiger partial charge in [0.1, 0.15) is 6.61 Å². The summed E-state index contributed by atoms with van der Waals surface area (Å²) in [5.41, 5.74) is 7.20. The van der Waals surface area contributed by atoms with Crippen molar-refractivity contribution in [1.29, 1.82) is 0 Å². The summed E-state index contributed by atoms with van der Waals surface area (Å²) in [6, 6.07) is 12.5. The second-order valence-corrected chi connectivity index (χ2v) is 4.77. The number of rotatable bonds is 4. The monoisotopic (exact) mass is 309 g/mol. The Morgan fingerprint density at radius 3 is 2.67 bits per heavy atom. The third kappa shape index (κ3) is 3.09. The SMILES string of the molecule is NCc1cccc(F)c1OCc1cccc(Br)c1. The highest BCUT2D eigenvalue weighted by molar-refractivity contribution is 9.10. The maximum Gasteiger partial charge on any atom is 0.165 e. The fraction of sp³-hybridized carbons (Fsp3) is 0.143. The Bertz CT molecular complexity index is 545. The zero-order valence-electron chi connectivity index (χ0n) is 9.70. The molecule has 0 saturated heterocycles. The van der Waals surface area contributed by atoms with E-state index >= 15 is 0 Å². The minimum atomic E-state index is -0.382. The quantitative estimate of drug-likeness (QED) is 0.936. The van der Waals surface area contributed by atoms with Crippen LogP contribution in [0.3, 0.4) is 0 Å². The molecule has 0 radical (unpaired) electrons. The van der Waals surface area contributed by atoms with Crippen molar-refractivity contribution in [2.75, 3.05) is 0 Å². The van der Waals surface area contributed by atoms with Gasteiger partial charge in [0.15, 0.2) is 11.6 Å². The zero-order chi connectivity index (χ0) is 13.0. The van der Waals surface area contributed by atoms with Crippen LogP contribution in [-0.4, -0.2) is 0 Å². The molecule has 0 aliphatic carbocycles. The van der Waals surface area contributed by atoms with Gasteiger partial charge >= 0.3 is 0 Å². The summed E-state index contributed by atoms with van der Waals surface area (Å²) in [6.07, 6.45) is 0. The van der Waals surface area contributed by atoms with Gasteiger partial charge in [0.05, 0.1) is 0 Å². The van der Waals surface area contributed by atoms with Crippen LogP contribution in [0.2, 0.25) is 0 Å². The van der Waals surface area contributed by atoms with E-state index in [0.29, 0.717) is 12.2 Å². The van der Waals surface area contributed by atoms with Crippen molar-refractivity contribution in [3.63, 3.8) is 0 Å². The van der Waals surface area contributed by atoms with E-state index in [-0.39, 0.29) is 18.1 Å². The summed E-state index contributed by atoms with van der Waals surface area (Å²) in [6.45, 7) is 0.568. The third-order valence-corrected chi connectivity index (χ3v) is 3.03. The average Bonchev–Trinajstić information content (AvgIpc) is 2.37. The third-order valence-electron chi connectivity index (χ3n) is 2.54. The molecule has 4 heteroatoms. The van der Waals surface area contributed by atoms with Gasteiger partial charge in [-0.3, -0.25) is 0 Å². The standard InChI is InChI=1S/C14H13BrFNO/c15-12-5-1-3-10(7-12)9-18-14-11(8-17)4-2-6-13(14)16/h1-7H,8-9,17H2. The van der Waals surface area contributed by atoms with E-state index in [1.807, 2.05) is 24.3 Å². The fourth-order valence-electron chi connectivity index (χ4n) is 1.66. The van der Waals surface area contributed by atoms with E-state index in [4.69, 9.17) is 10.5 Å². The molecule has 0 bridgehead atoms. The van der Waals surface area contributed by atoms with Crippen LogP contribution < -0.4 is 10.5 Å². The zero-order valence-corrected chi connectivity index (χ0v) is 11.3. The molecule has 94 valence electrons. The van der Waals surface area contributed by atoms with Gasteiger partial charge < -0.3 is 10.5 Å². The maximum atomic E-state index is 13.6. The number of benzene rings is 2. The smallest absolute Gasteiger partial charge is 0.165 e. The molecule has 0 unspecified atom stereocenters. The molecule has 2 N–H and O–H groups in total. The summed E-state index contributed by atoms with van der Waals surface area (Å²) in [5, 5.41) is 0. The Labute approximate surface area is 114 Å². The van der Waals surface area contributed by atoms with Crippen molar-refractivity contribution in [3.05, 3.63) is 63.9 Å². The van der Waals surface area contributed by atoms with Crippen molar-refractivity contribution in [3.8, 4) is 5.75 Å². The minimum absolute atomic E-state index is 0.236. The van der Waals surface area contributed by atoms with Gasteiger partial charge in [-0.15, -0.1) is 0 Å². The van der Waals surface area contributed by atoms with E-state index in [0.717, 1.165) is 10.0 Å². The second-order valence-electron chi connectivity index (χ2n) is 3.85. The molecule has 0 aliphatic rings. The Morgan fingerprint density at radius 2 is 1.94 bits per heavy atom. The van der Waals surface area contributed by atoms with Gasteiger partial charge in [-0.1, -0.05) is 40.2 Å². The van der Waals surface area contributed by atoms with E-state index in [1.54, 1.807) is 12.1 Å². The van der Waals surface area contributed by atoms with Crippen LogP contribution in [0.1, 0.15) is 11.1 Å². The second kappa shape index (κ2) is 5.98. The lowest BCUT2D eigenvalue weighted by atomic mass is 10.2. The molecule has 0 fully saturated rings. The van der Waals surface area contributed by atoms with Gasteiger partial charge in [-0.05, 0) is 23.8 Å². The van der Waals surface area contributed by atoms with Crippen molar-refractivity contribution < 1.29 is 9.13 Å². The molecule has 0 saturated carbocycles. The average molecular weight is 310 g/mol. The van der Waals surface area contributed by atoms with E-state index < -0.39 is 0 Å². The summed E-state index contributed by atoms with van der Waals surface area (Å²) in [5.74, 6) is -0.145. The summed E-state index contributed by atoms with van der Waals surface area (Å²) in [7, 11) is 0. The van der Waals surface area contributed by atoms with Crippen LogP contribution in [0.25, 0.3) is 0 Å².